The number of hydrogen-bond acceptors (Lipinski definition) is 3. The van der Waals surface area contributed by atoms with Gasteiger partial charge in [-0.3, -0.25) is 9.59 Å². The van der Waals surface area contributed by atoms with E-state index in [1.807, 2.05) is 31.2 Å². The summed E-state index contributed by atoms with van der Waals surface area (Å²) in [5.41, 5.74) is 0.779. The largest absolute Gasteiger partial charge is 0.497 e. The Morgan fingerprint density at radius 2 is 2.27 bits per heavy atom. The van der Waals surface area contributed by atoms with Gasteiger partial charge >= 0.3 is 0 Å². The number of ether oxygens (including phenoxy) is 1. The molecule has 1 aliphatic rings. The number of rotatable bonds is 6. The highest BCUT2D eigenvalue weighted by Gasteiger charge is 2.35. The van der Waals surface area contributed by atoms with Crippen molar-refractivity contribution >= 4 is 17.5 Å². The fourth-order valence-electron chi connectivity index (χ4n) is 2.78. The van der Waals surface area contributed by atoms with E-state index in [4.69, 9.17) is 4.74 Å². The van der Waals surface area contributed by atoms with Crippen molar-refractivity contribution < 1.29 is 14.3 Å². The van der Waals surface area contributed by atoms with Crippen LogP contribution in [-0.2, 0) is 9.59 Å². The van der Waals surface area contributed by atoms with Crippen molar-refractivity contribution in [2.45, 2.75) is 39.2 Å². The molecular formula is C17H24N2O3. The Kier molecular flexibility index (Phi) is 5.41. The summed E-state index contributed by atoms with van der Waals surface area (Å²) in [6.07, 6.45) is 2.24. The van der Waals surface area contributed by atoms with Gasteiger partial charge in [0.05, 0.1) is 13.0 Å². The Morgan fingerprint density at radius 1 is 1.50 bits per heavy atom. The molecule has 1 N–H and O–H groups in total. The molecule has 5 nitrogen and oxygen atoms in total. The Bertz CT molecular complexity index is 544. The molecule has 1 aliphatic heterocycles. The van der Waals surface area contributed by atoms with Crippen LogP contribution in [0, 0.1) is 5.92 Å². The fraction of sp³-hybridized carbons (Fsp3) is 0.529. The first-order chi connectivity index (χ1) is 10.5. The first kappa shape index (κ1) is 16.3. The quantitative estimate of drug-likeness (QED) is 0.877. The number of carbonyl (C=O) groups excluding carboxylic acids is 2. The van der Waals surface area contributed by atoms with E-state index in [2.05, 4.69) is 12.2 Å². The molecule has 1 fully saturated rings. The Hall–Kier alpha value is -2.04. The highest BCUT2D eigenvalue weighted by Crippen LogP contribution is 2.28. The minimum atomic E-state index is -0.280. The lowest BCUT2D eigenvalue weighted by atomic mass is 10.1. The second kappa shape index (κ2) is 7.29. The lowest BCUT2D eigenvalue weighted by Crippen LogP contribution is -2.38. The van der Waals surface area contributed by atoms with Crippen LogP contribution in [0.2, 0.25) is 0 Å². The number of carbonyl (C=O) groups is 2. The third-order valence-corrected chi connectivity index (χ3v) is 3.97. The van der Waals surface area contributed by atoms with E-state index in [1.54, 1.807) is 12.0 Å². The van der Waals surface area contributed by atoms with Crippen LogP contribution < -0.4 is 15.0 Å². The van der Waals surface area contributed by atoms with Crippen molar-refractivity contribution in [2.24, 2.45) is 5.92 Å². The lowest BCUT2D eigenvalue weighted by Gasteiger charge is -2.18. The number of nitrogens with zero attached hydrogens (tertiary/aromatic N) is 1. The maximum atomic E-state index is 12.3. The summed E-state index contributed by atoms with van der Waals surface area (Å²) >= 11 is 0. The van der Waals surface area contributed by atoms with E-state index in [0.717, 1.165) is 18.5 Å². The van der Waals surface area contributed by atoms with Crippen LogP contribution in [0.3, 0.4) is 0 Å². The second-order valence-electron chi connectivity index (χ2n) is 5.81. The molecule has 5 heteroatoms. The van der Waals surface area contributed by atoms with Gasteiger partial charge in [-0.15, -0.1) is 0 Å². The van der Waals surface area contributed by atoms with Gasteiger partial charge in [-0.1, -0.05) is 19.4 Å². The predicted molar refractivity (Wildman–Crippen MR) is 86.0 cm³/mol. The average Bonchev–Trinajstić information content (AvgIpc) is 2.89. The number of hydrogen-bond donors (Lipinski definition) is 1. The SMILES string of the molecule is CCC[C@@H](C)NC(=O)[C@H]1CC(=O)N(c2cccc(OC)c2)C1. The van der Waals surface area contributed by atoms with E-state index >= 15 is 0 Å². The van der Waals surface area contributed by atoms with Crippen LogP contribution in [0.4, 0.5) is 5.69 Å². The monoisotopic (exact) mass is 304 g/mol. The molecule has 120 valence electrons. The van der Waals surface area contributed by atoms with Crippen LogP contribution in [0.1, 0.15) is 33.1 Å². The molecule has 0 unspecified atom stereocenters. The highest BCUT2D eigenvalue weighted by atomic mass is 16.5. The van der Waals surface area contributed by atoms with E-state index in [1.165, 1.54) is 0 Å². The molecule has 1 saturated heterocycles. The summed E-state index contributed by atoms with van der Waals surface area (Å²) in [7, 11) is 1.59. The smallest absolute Gasteiger partial charge is 0.227 e. The minimum absolute atomic E-state index is 0.0171. The van der Waals surface area contributed by atoms with Gasteiger partial charge in [0, 0.05) is 30.8 Å². The molecule has 1 heterocycles. The minimum Gasteiger partial charge on any atom is -0.497 e. The number of methoxy groups -OCH3 is 1. The molecule has 0 saturated carbocycles. The maximum absolute atomic E-state index is 12.3. The molecular weight excluding hydrogens is 280 g/mol. The average molecular weight is 304 g/mol. The Balaban J connectivity index is 2.02. The van der Waals surface area contributed by atoms with E-state index in [9.17, 15) is 9.59 Å². The molecule has 0 aliphatic carbocycles. The summed E-state index contributed by atoms with van der Waals surface area (Å²) in [5, 5.41) is 3.00. The van der Waals surface area contributed by atoms with Gasteiger partial charge in [0.1, 0.15) is 5.75 Å². The van der Waals surface area contributed by atoms with Crippen LogP contribution in [-0.4, -0.2) is 31.5 Å². The van der Waals surface area contributed by atoms with Crippen molar-refractivity contribution in [1.82, 2.24) is 5.32 Å². The molecule has 2 amide bonds. The van der Waals surface area contributed by atoms with Crippen molar-refractivity contribution in [3.63, 3.8) is 0 Å². The van der Waals surface area contributed by atoms with Gasteiger partial charge in [0.15, 0.2) is 0 Å². The Morgan fingerprint density at radius 3 is 2.95 bits per heavy atom. The molecule has 2 rings (SSSR count). The highest BCUT2D eigenvalue weighted by molar-refractivity contribution is 6.00. The summed E-state index contributed by atoms with van der Waals surface area (Å²) in [6, 6.07) is 7.51. The molecule has 0 aromatic heterocycles. The van der Waals surface area contributed by atoms with E-state index in [0.29, 0.717) is 12.3 Å². The van der Waals surface area contributed by atoms with E-state index < -0.39 is 0 Å². The van der Waals surface area contributed by atoms with Gasteiger partial charge in [-0.05, 0) is 25.5 Å². The molecule has 22 heavy (non-hydrogen) atoms. The molecule has 2 atom stereocenters. The first-order valence-corrected chi connectivity index (χ1v) is 7.80. The Labute approximate surface area is 131 Å². The zero-order valence-electron chi connectivity index (χ0n) is 13.5. The fourth-order valence-corrected chi connectivity index (χ4v) is 2.78. The predicted octanol–water partition coefficient (Wildman–Crippen LogP) is 2.35. The van der Waals surface area contributed by atoms with E-state index in [-0.39, 0.29) is 30.2 Å². The summed E-state index contributed by atoms with van der Waals surface area (Å²) in [6.45, 7) is 4.51. The second-order valence-corrected chi connectivity index (χ2v) is 5.81. The zero-order valence-corrected chi connectivity index (χ0v) is 13.5. The number of amides is 2. The standard InChI is InChI=1S/C17H24N2O3/c1-4-6-12(2)18-17(21)13-9-16(20)19(11-13)14-7-5-8-15(10-14)22-3/h5,7-8,10,12-13H,4,6,9,11H2,1-3H3,(H,18,21)/t12-,13+/m1/s1. The number of benzene rings is 1. The topological polar surface area (TPSA) is 58.6 Å². The molecule has 1 aromatic carbocycles. The van der Waals surface area contributed by atoms with Gasteiger partial charge in [-0.25, -0.2) is 0 Å². The van der Waals surface area contributed by atoms with Crippen molar-refractivity contribution in [2.75, 3.05) is 18.6 Å². The maximum Gasteiger partial charge on any atom is 0.227 e. The van der Waals surface area contributed by atoms with Crippen LogP contribution in [0.5, 0.6) is 5.75 Å². The number of nitrogens with one attached hydrogen (secondary N) is 1. The van der Waals surface area contributed by atoms with Crippen LogP contribution in [0.25, 0.3) is 0 Å². The third-order valence-electron chi connectivity index (χ3n) is 3.97. The van der Waals surface area contributed by atoms with Crippen molar-refractivity contribution in [1.29, 1.82) is 0 Å². The van der Waals surface area contributed by atoms with Crippen molar-refractivity contribution in [3.8, 4) is 5.75 Å². The van der Waals surface area contributed by atoms with Gasteiger partial charge in [0.25, 0.3) is 0 Å². The van der Waals surface area contributed by atoms with Crippen LogP contribution >= 0.6 is 0 Å². The normalized spacial score (nSPS) is 19.1. The molecule has 0 radical (unpaired) electrons. The van der Waals surface area contributed by atoms with Gasteiger partial charge < -0.3 is 15.0 Å². The molecule has 0 bridgehead atoms. The number of anilines is 1. The first-order valence-electron chi connectivity index (χ1n) is 7.80. The van der Waals surface area contributed by atoms with Gasteiger partial charge in [0.2, 0.25) is 11.8 Å². The molecule has 0 spiro atoms. The zero-order chi connectivity index (χ0) is 16.1. The summed E-state index contributed by atoms with van der Waals surface area (Å²) in [4.78, 5) is 26.1. The molecule has 1 aromatic rings. The summed E-state index contributed by atoms with van der Waals surface area (Å²) < 4.78 is 5.19. The summed E-state index contributed by atoms with van der Waals surface area (Å²) in [5.74, 6) is 0.379. The lowest BCUT2D eigenvalue weighted by molar-refractivity contribution is -0.126. The van der Waals surface area contributed by atoms with Crippen molar-refractivity contribution in [3.05, 3.63) is 24.3 Å². The van der Waals surface area contributed by atoms with Gasteiger partial charge in [-0.2, -0.15) is 0 Å². The third kappa shape index (κ3) is 3.78. The van der Waals surface area contributed by atoms with Crippen LogP contribution in [0.15, 0.2) is 24.3 Å².